The van der Waals surface area contributed by atoms with E-state index >= 15 is 0 Å². The van der Waals surface area contributed by atoms with Crippen molar-refractivity contribution in [1.29, 1.82) is 0 Å². The van der Waals surface area contributed by atoms with Gasteiger partial charge in [0.15, 0.2) is 0 Å². The standard InChI is InChI=1S/C42H26/c1-2-8-31-26-42-34(24-30(31)7-1)19-23-39-36(10-5-11-38(39)42)29-14-12-27(13-15-29)32-17-20-37-33(25-32)18-22-40-35-9-4-3-6-28(35)16-21-41(37)40/h1-26H/i12D,13D,14D,15D. The first-order chi connectivity index (χ1) is 22.5. The molecule has 0 aliphatic rings. The molecule has 9 aromatic rings. The Labute approximate surface area is 249 Å². The summed E-state index contributed by atoms with van der Waals surface area (Å²) in [6, 6.07) is 45.4. The maximum atomic E-state index is 9.16. The quantitative estimate of drug-likeness (QED) is 0.153. The van der Waals surface area contributed by atoms with E-state index in [9.17, 15) is 0 Å². The van der Waals surface area contributed by atoms with E-state index in [1.54, 1.807) is 0 Å². The Hall–Kier alpha value is -5.46. The summed E-state index contributed by atoms with van der Waals surface area (Å²) < 4.78 is 36.6. The lowest BCUT2D eigenvalue weighted by Crippen LogP contribution is -1.85. The molecule has 0 N–H and O–H groups in total. The summed E-state index contributed by atoms with van der Waals surface area (Å²) in [6.45, 7) is 0. The molecule has 0 nitrogen and oxygen atoms in total. The van der Waals surface area contributed by atoms with Crippen molar-refractivity contribution in [3.63, 3.8) is 0 Å². The minimum Gasteiger partial charge on any atom is -0.0616 e. The van der Waals surface area contributed by atoms with Gasteiger partial charge in [0.05, 0.1) is 5.48 Å². The van der Waals surface area contributed by atoms with Crippen LogP contribution in [0.5, 0.6) is 0 Å². The van der Waals surface area contributed by atoms with Gasteiger partial charge < -0.3 is 0 Å². The second kappa shape index (κ2) is 9.03. The lowest BCUT2D eigenvalue weighted by atomic mass is 9.92. The molecule has 0 heteroatoms. The summed E-state index contributed by atoms with van der Waals surface area (Å²) in [4.78, 5) is 0. The van der Waals surface area contributed by atoms with Gasteiger partial charge in [0, 0.05) is 0 Å². The van der Waals surface area contributed by atoms with Crippen molar-refractivity contribution in [3.05, 3.63) is 158 Å². The third-order valence-corrected chi connectivity index (χ3v) is 8.67. The van der Waals surface area contributed by atoms with Crippen LogP contribution in [0.3, 0.4) is 0 Å². The van der Waals surface area contributed by atoms with E-state index in [1.807, 2.05) is 48.5 Å². The van der Waals surface area contributed by atoms with Gasteiger partial charge in [-0.25, -0.2) is 0 Å². The average molecular weight is 535 g/mol. The molecule has 42 heavy (non-hydrogen) atoms. The van der Waals surface area contributed by atoms with Gasteiger partial charge in [0.2, 0.25) is 0 Å². The van der Waals surface area contributed by atoms with Crippen LogP contribution < -0.4 is 0 Å². The van der Waals surface area contributed by atoms with Crippen LogP contribution in [-0.4, -0.2) is 0 Å². The van der Waals surface area contributed by atoms with Crippen LogP contribution in [0.15, 0.2) is 158 Å². The predicted molar refractivity (Wildman–Crippen MR) is 182 cm³/mol. The van der Waals surface area contributed by atoms with Gasteiger partial charge in [0.1, 0.15) is 0 Å². The average Bonchev–Trinajstić information content (AvgIpc) is 3.09. The summed E-state index contributed by atoms with van der Waals surface area (Å²) in [7, 11) is 0. The van der Waals surface area contributed by atoms with Gasteiger partial charge in [-0.1, -0.05) is 139 Å². The normalized spacial score (nSPS) is 13.1. The molecule has 0 aliphatic carbocycles. The van der Waals surface area contributed by atoms with Gasteiger partial charge in [-0.2, -0.15) is 0 Å². The zero-order chi connectivity index (χ0) is 31.1. The highest BCUT2D eigenvalue weighted by Crippen LogP contribution is 2.37. The van der Waals surface area contributed by atoms with E-state index in [1.165, 1.54) is 21.5 Å². The largest absolute Gasteiger partial charge is 0.0629 e. The van der Waals surface area contributed by atoms with E-state index in [0.29, 0.717) is 22.3 Å². The Morgan fingerprint density at radius 3 is 1.64 bits per heavy atom. The number of hydrogen-bond donors (Lipinski definition) is 0. The monoisotopic (exact) mass is 534 g/mol. The minimum atomic E-state index is -0.0362. The van der Waals surface area contributed by atoms with Crippen LogP contribution >= 0.6 is 0 Å². The van der Waals surface area contributed by atoms with Crippen molar-refractivity contribution in [2.24, 2.45) is 0 Å². The first kappa shape index (κ1) is 19.6. The van der Waals surface area contributed by atoms with Crippen LogP contribution in [0.4, 0.5) is 0 Å². The molecule has 0 aromatic heterocycles. The molecular weight excluding hydrogens is 504 g/mol. The third-order valence-electron chi connectivity index (χ3n) is 8.67. The predicted octanol–water partition coefficient (Wildman–Crippen LogP) is 11.9. The smallest absolute Gasteiger partial charge is 0.0616 e. The van der Waals surface area contributed by atoms with Crippen molar-refractivity contribution in [1.82, 2.24) is 0 Å². The molecule has 0 fully saturated rings. The van der Waals surface area contributed by atoms with Gasteiger partial charge in [-0.05, 0) is 105 Å². The van der Waals surface area contributed by atoms with Gasteiger partial charge in [-0.15, -0.1) is 0 Å². The summed E-state index contributed by atoms with van der Waals surface area (Å²) in [5.74, 6) is 0. The van der Waals surface area contributed by atoms with Gasteiger partial charge >= 0.3 is 0 Å². The SMILES string of the molecule is [2H]c1c([2H])c(-c2cccc3c2ccc2cc4ccccc4cc23)c([2H])c([2H])c1-c1ccc2c(ccc3c4ccccc4ccc23)c1. The Morgan fingerprint density at radius 2 is 0.833 bits per heavy atom. The second-order valence-corrected chi connectivity index (χ2v) is 11.0. The van der Waals surface area contributed by atoms with E-state index in [2.05, 4.69) is 84.9 Å². The second-order valence-electron chi connectivity index (χ2n) is 11.0. The highest BCUT2D eigenvalue weighted by atomic mass is 14.1. The zero-order valence-electron chi connectivity index (χ0n) is 26.7. The van der Waals surface area contributed by atoms with Crippen LogP contribution in [-0.2, 0) is 0 Å². The van der Waals surface area contributed by atoms with Crippen molar-refractivity contribution >= 4 is 64.6 Å². The number of fused-ring (bicyclic) bond motifs is 9. The highest BCUT2D eigenvalue weighted by molar-refractivity contribution is 6.18. The van der Waals surface area contributed by atoms with E-state index in [4.69, 9.17) is 5.48 Å². The fourth-order valence-electron chi connectivity index (χ4n) is 6.58. The molecule has 0 radical (unpaired) electrons. The van der Waals surface area contributed by atoms with Crippen molar-refractivity contribution in [3.8, 4) is 22.3 Å². The fourth-order valence-corrected chi connectivity index (χ4v) is 6.58. The Bertz CT molecular complexity index is 2710. The number of rotatable bonds is 2. The fraction of sp³-hybridized carbons (Fsp3) is 0. The Morgan fingerprint density at radius 1 is 0.286 bits per heavy atom. The third kappa shape index (κ3) is 3.56. The number of hydrogen-bond acceptors (Lipinski definition) is 0. The Kier molecular flexibility index (Phi) is 4.21. The van der Waals surface area contributed by atoms with Crippen LogP contribution in [0.25, 0.3) is 86.9 Å². The van der Waals surface area contributed by atoms with Gasteiger partial charge in [0.25, 0.3) is 0 Å². The highest BCUT2D eigenvalue weighted by Gasteiger charge is 2.10. The molecule has 0 heterocycles. The summed E-state index contributed by atoms with van der Waals surface area (Å²) >= 11 is 0. The molecule has 0 saturated carbocycles. The maximum absolute atomic E-state index is 9.16. The summed E-state index contributed by atoms with van der Waals surface area (Å²) in [6.07, 6.45) is 0. The first-order valence-corrected chi connectivity index (χ1v) is 14.3. The molecule has 0 saturated heterocycles. The summed E-state index contributed by atoms with van der Waals surface area (Å²) in [5.41, 5.74) is 2.01. The molecule has 0 aliphatic heterocycles. The lowest BCUT2D eigenvalue weighted by molar-refractivity contribution is 1.63. The van der Waals surface area contributed by atoms with E-state index in [-0.39, 0.29) is 24.2 Å². The zero-order valence-corrected chi connectivity index (χ0v) is 22.7. The van der Waals surface area contributed by atoms with Crippen LogP contribution in [0.1, 0.15) is 5.48 Å². The molecule has 9 rings (SSSR count). The lowest BCUT2D eigenvalue weighted by Gasteiger charge is -2.12. The Balaban J connectivity index is 1.22. The maximum Gasteiger partial charge on any atom is 0.0629 e. The molecule has 0 spiro atoms. The van der Waals surface area contributed by atoms with Crippen molar-refractivity contribution in [2.75, 3.05) is 0 Å². The van der Waals surface area contributed by atoms with E-state index < -0.39 is 0 Å². The van der Waals surface area contributed by atoms with Crippen LogP contribution in [0.2, 0.25) is 0 Å². The molecule has 9 aromatic carbocycles. The summed E-state index contributed by atoms with van der Waals surface area (Å²) in [5, 5.41) is 13.3. The number of benzene rings is 9. The molecule has 0 bridgehead atoms. The minimum absolute atomic E-state index is 0.0350. The van der Waals surface area contributed by atoms with Gasteiger partial charge in [-0.3, -0.25) is 0 Å². The van der Waals surface area contributed by atoms with Crippen LogP contribution in [0, 0.1) is 0 Å². The van der Waals surface area contributed by atoms with Crippen molar-refractivity contribution in [2.45, 2.75) is 0 Å². The topological polar surface area (TPSA) is 0 Å². The first-order valence-electron chi connectivity index (χ1n) is 16.3. The molecular formula is C42H26. The molecule has 194 valence electrons. The molecule has 0 atom stereocenters. The van der Waals surface area contributed by atoms with E-state index in [0.717, 1.165) is 43.1 Å². The van der Waals surface area contributed by atoms with Crippen molar-refractivity contribution < 1.29 is 5.48 Å². The molecule has 0 amide bonds. The molecule has 0 unspecified atom stereocenters.